The Balaban J connectivity index is 1.92. The highest BCUT2D eigenvalue weighted by atomic mass is 32.2. The zero-order valence-corrected chi connectivity index (χ0v) is 19.7. The molecule has 33 heavy (non-hydrogen) atoms. The summed E-state index contributed by atoms with van der Waals surface area (Å²) in [6, 6.07) is 11.4. The van der Waals surface area contributed by atoms with Crippen molar-refractivity contribution < 1.29 is 27.5 Å². The number of rotatable bonds is 12. The lowest BCUT2D eigenvalue weighted by Gasteiger charge is -2.12. The Morgan fingerprint density at radius 3 is 2.33 bits per heavy atom. The van der Waals surface area contributed by atoms with E-state index in [0.717, 1.165) is 5.56 Å². The van der Waals surface area contributed by atoms with Crippen molar-refractivity contribution in [3.63, 3.8) is 0 Å². The van der Waals surface area contributed by atoms with Gasteiger partial charge in [0.25, 0.3) is 5.91 Å². The number of likely N-dealkylation sites (N-methyl/N-ethyl adjacent to an activating group) is 1. The molecular formula is C23H29N3O6S. The summed E-state index contributed by atoms with van der Waals surface area (Å²) < 4.78 is 37.1. The topological polar surface area (TPSA) is 123 Å². The van der Waals surface area contributed by atoms with Crippen molar-refractivity contribution in [2.75, 3.05) is 26.8 Å². The lowest BCUT2D eigenvalue weighted by molar-refractivity contribution is -0.123. The second-order valence-electron chi connectivity index (χ2n) is 6.85. The molecule has 0 heterocycles. The van der Waals surface area contributed by atoms with Crippen LogP contribution in [0.3, 0.4) is 0 Å². The number of carbonyl (C=O) groups excluding carboxylic acids is 2. The Labute approximate surface area is 194 Å². The summed E-state index contributed by atoms with van der Waals surface area (Å²) in [6.45, 7) is 4.51. The molecule has 0 saturated carbocycles. The van der Waals surface area contributed by atoms with E-state index in [-0.39, 0.29) is 29.9 Å². The molecule has 2 rings (SSSR count). The monoisotopic (exact) mass is 475 g/mol. The van der Waals surface area contributed by atoms with Crippen LogP contribution in [0.15, 0.2) is 53.4 Å². The smallest absolute Gasteiger partial charge is 0.257 e. The van der Waals surface area contributed by atoms with Gasteiger partial charge in [0.15, 0.2) is 18.1 Å². The molecule has 0 bridgehead atoms. The van der Waals surface area contributed by atoms with Crippen molar-refractivity contribution in [1.29, 1.82) is 0 Å². The fraction of sp³-hybridized carbons (Fsp3) is 0.304. The van der Waals surface area contributed by atoms with Crippen LogP contribution < -0.4 is 24.8 Å². The van der Waals surface area contributed by atoms with Crippen LogP contribution in [-0.2, 0) is 26.2 Å². The maximum absolute atomic E-state index is 12.2. The average molecular weight is 476 g/mol. The third-order valence-corrected chi connectivity index (χ3v) is 5.94. The van der Waals surface area contributed by atoms with Crippen LogP contribution in [-0.4, -0.2) is 47.0 Å². The Hall–Kier alpha value is -3.37. The predicted octanol–water partition coefficient (Wildman–Crippen LogP) is 1.84. The Morgan fingerprint density at radius 1 is 0.970 bits per heavy atom. The van der Waals surface area contributed by atoms with Crippen molar-refractivity contribution in [2.45, 2.75) is 25.3 Å². The van der Waals surface area contributed by atoms with E-state index in [2.05, 4.69) is 15.4 Å². The van der Waals surface area contributed by atoms with E-state index in [4.69, 9.17) is 9.47 Å². The van der Waals surface area contributed by atoms with Gasteiger partial charge in [-0.1, -0.05) is 25.1 Å². The third-order valence-electron chi connectivity index (χ3n) is 4.38. The summed E-state index contributed by atoms with van der Waals surface area (Å²) in [5.41, 5.74) is 1.48. The predicted molar refractivity (Wildman–Crippen MR) is 125 cm³/mol. The first-order valence-corrected chi connectivity index (χ1v) is 11.9. The van der Waals surface area contributed by atoms with Crippen LogP contribution >= 0.6 is 0 Å². The number of amides is 2. The molecule has 178 valence electrons. The molecule has 2 aromatic carbocycles. The van der Waals surface area contributed by atoms with Gasteiger partial charge in [-0.05, 0) is 48.4 Å². The molecule has 0 aliphatic rings. The maximum atomic E-state index is 12.2. The first-order valence-electron chi connectivity index (χ1n) is 10.4. The summed E-state index contributed by atoms with van der Waals surface area (Å²) in [5, 5.41) is 5.41. The number of ether oxygens (including phenoxy) is 2. The molecule has 0 unspecified atom stereocenters. The molecular weight excluding hydrogens is 446 g/mol. The fourth-order valence-electron chi connectivity index (χ4n) is 2.78. The minimum Gasteiger partial charge on any atom is -0.493 e. The molecule has 0 aliphatic heterocycles. The lowest BCUT2D eigenvalue weighted by atomic mass is 10.2. The van der Waals surface area contributed by atoms with Crippen LogP contribution in [0.25, 0.3) is 6.08 Å². The molecule has 3 N–H and O–H groups in total. The first kappa shape index (κ1) is 25.9. The minimum absolute atomic E-state index is 0.118. The van der Waals surface area contributed by atoms with E-state index in [1.165, 1.54) is 25.3 Å². The molecule has 10 heteroatoms. The Bertz CT molecular complexity index is 1080. The number of benzene rings is 2. The van der Waals surface area contributed by atoms with Crippen LogP contribution in [0.1, 0.15) is 25.0 Å². The van der Waals surface area contributed by atoms with Gasteiger partial charge in [-0.25, -0.2) is 13.1 Å². The van der Waals surface area contributed by atoms with Gasteiger partial charge < -0.3 is 20.1 Å². The molecule has 0 aliphatic carbocycles. The zero-order chi connectivity index (χ0) is 24.3. The van der Waals surface area contributed by atoms with Crippen LogP contribution in [0.4, 0.5) is 0 Å². The molecule has 0 spiro atoms. The Morgan fingerprint density at radius 2 is 1.70 bits per heavy atom. The van der Waals surface area contributed by atoms with E-state index < -0.39 is 10.0 Å². The van der Waals surface area contributed by atoms with Crippen LogP contribution in [0, 0.1) is 0 Å². The first-order chi connectivity index (χ1) is 15.8. The highest BCUT2D eigenvalue weighted by Crippen LogP contribution is 2.28. The molecule has 2 aromatic rings. The van der Waals surface area contributed by atoms with Crippen molar-refractivity contribution in [3.05, 3.63) is 59.7 Å². The molecule has 0 aromatic heterocycles. The van der Waals surface area contributed by atoms with Crippen LogP contribution in [0.2, 0.25) is 0 Å². The van der Waals surface area contributed by atoms with E-state index in [1.54, 1.807) is 43.3 Å². The van der Waals surface area contributed by atoms with Gasteiger partial charge in [-0.3, -0.25) is 9.59 Å². The van der Waals surface area contributed by atoms with E-state index >= 15 is 0 Å². The number of nitrogens with one attached hydrogen (secondary N) is 3. The standard InChI is InChI=1S/C23H29N3O6S/c1-4-24-23(28)16-32-20-12-8-18(14-21(20)31-3)15-25-22(27)13-9-17-6-10-19(11-7-17)33(29,30)26-5-2/h6-14,26H,4-5,15-16H2,1-3H3,(H,24,28)(H,25,27)/b13-9+. The number of methoxy groups -OCH3 is 1. The third kappa shape index (κ3) is 8.24. The quantitative estimate of drug-likeness (QED) is 0.403. The van der Waals surface area contributed by atoms with Crippen molar-refractivity contribution >= 4 is 27.9 Å². The number of carbonyl (C=O) groups is 2. The van der Waals surface area contributed by atoms with E-state index in [1.807, 2.05) is 6.92 Å². The summed E-state index contributed by atoms with van der Waals surface area (Å²) in [4.78, 5) is 23.9. The number of hydrogen-bond acceptors (Lipinski definition) is 6. The summed E-state index contributed by atoms with van der Waals surface area (Å²) in [7, 11) is -2.02. The molecule has 0 saturated heterocycles. The highest BCUT2D eigenvalue weighted by Gasteiger charge is 2.11. The molecule has 0 radical (unpaired) electrons. The molecule has 0 fully saturated rings. The summed E-state index contributed by atoms with van der Waals surface area (Å²) in [6.07, 6.45) is 2.96. The largest absolute Gasteiger partial charge is 0.493 e. The average Bonchev–Trinajstić information content (AvgIpc) is 2.80. The van der Waals surface area contributed by atoms with Gasteiger partial charge in [-0.2, -0.15) is 0 Å². The normalized spacial score (nSPS) is 11.2. The van der Waals surface area contributed by atoms with Crippen molar-refractivity contribution in [3.8, 4) is 11.5 Å². The second kappa shape index (κ2) is 12.6. The van der Waals surface area contributed by atoms with Gasteiger partial charge in [0.05, 0.1) is 12.0 Å². The Kier molecular flexibility index (Phi) is 9.89. The summed E-state index contributed by atoms with van der Waals surface area (Å²) >= 11 is 0. The fourth-order valence-corrected chi connectivity index (χ4v) is 3.83. The van der Waals surface area contributed by atoms with Gasteiger partial charge in [0.2, 0.25) is 15.9 Å². The lowest BCUT2D eigenvalue weighted by Crippen LogP contribution is -2.28. The molecule has 9 nitrogen and oxygen atoms in total. The van der Waals surface area contributed by atoms with E-state index in [9.17, 15) is 18.0 Å². The van der Waals surface area contributed by atoms with Crippen LogP contribution in [0.5, 0.6) is 11.5 Å². The second-order valence-corrected chi connectivity index (χ2v) is 8.62. The summed E-state index contributed by atoms with van der Waals surface area (Å²) in [5.74, 6) is 0.346. The maximum Gasteiger partial charge on any atom is 0.257 e. The van der Waals surface area contributed by atoms with Gasteiger partial charge in [0.1, 0.15) is 0 Å². The van der Waals surface area contributed by atoms with Gasteiger partial charge >= 0.3 is 0 Å². The van der Waals surface area contributed by atoms with Gasteiger partial charge in [-0.15, -0.1) is 0 Å². The molecule has 0 atom stereocenters. The SMILES string of the molecule is CCNC(=O)COc1ccc(CNC(=O)/C=C/c2ccc(S(=O)(=O)NCC)cc2)cc1OC. The molecule has 2 amide bonds. The zero-order valence-electron chi connectivity index (χ0n) is 18.9. The number of hydrogen-bond donors (Lipinski definition) is 3. The van der Waals surface area contributed by atoms with Crippen molar-refractivity contribution in [1.82, 2.24) is 15.4 Å². The van der Waals surface area contributed by atoms with Crippen molar-refractivity contribution in [2.24, 2.45) is 0 Å². The number of sulfonamides is 1. The van der Waals surface area contributed by atoms with E-state index in [0.29, 0.717) is 30.2 Å². The van der Waals surface area contributed by atoms with Gasteiger partial charge in [0, 0.05) is 25.7 Å². The minimum atomic E-state index is -3.51. The highest BCUT2D eigenvalue weighted by molar-refractivity contribution is 7.89.